The topological polar surface area (TPSA) is 45.0 Å². The summed E-state index contributed by atoms with van der Waals surface area (Å²) in [4.78, 5) is 0. The Morgan fingerprint density at radius 1 is 1.21 bits per heavy atom. The Hall–Kier alpha value is -2.54. The zero-order chi connectivity index (χ0) is 13.7. The maximum absolute atomic E-state index is 13.2. The molecule has 0 fully saturated rings. The number of nitriles is 1. The summed E-state index contributed by atoms with van der Waals surface area (Å²) in [5, 5.41) is 11.9. The van der Waals surface area contributed by atoms with E-state index in [1.165, 1.54) is 12.1 Å². The van der Waals surface area contributed by atoms with Gasteiger partial charge >= 0.3 is 0 Å². The number of rotatable bonds is 4. The van der Waals surface area contributed by atoms with Gasteiger partial charge in [0.1, 0.15) is 11.6 Å². The predicted molar refractivity (Wildman–Crippen MR) is 71.4 cm³/mol. The molecule has 3 nitrogen and oxygen atoms in total. The van der Waals surface area contributed by atoms with Gasteiger partial charge in [0.25, 0.3) is 0 Å². The van der Waals surface area contributed by atoms with E-state index in [0.29, 0.717) is 12.1 Å². The molecule has 0 aliphatic heterocycles. The summed E-state index contributed by atoms with van der Waals surface area (Å²) in [6, 6.07) is 13.7. The number of ether oxygens (including phenoxy) is 1. The predicted octanol–water partition coefficient (Wildman–Crippen LogP) is 3.32. The van der Waals surface area contributed by atoms with Crippen LogP contribution in [0.25, 0.3) is 0 Å². The van der Waals surface area contributed by atoms with Crippen molar-refractivity contribution in [3.63, 3.8) is 0 Å². The van der Waals surface area contributed by atoms with Crippen LogP contribution in [0.4, 0.5) is 10.1 Å². The second kappa shape index (κ2) is 5.87. The normalized spacial score (nSPS) is 9.74. The molecule has 4 heteroatoms. The van der Waals surface area contributed by atoms with E-state index in [9.17, 15) is 4.39 Å². The largest absolute Gasteiger partial charge is 0.497 e. The highest BCUT2D eigenvalue weighted by atomic mass is 19.1. The Labute approximate surface area is 111 Å². The lowest BCUT2D eigenvalue weighted by Gasteiger charge is -2.08. The molecule has 0 aliphatic carbocycles. The molecule has 2 aromatic rings. The Kier molecular flexibility index (Phi) is 3.99. The van der Waals surface area contributed by atoms with Crippen LogP contribution in [0.15, 0.2) is 42.5 Å². The van der Waals surface area contributed by atoms with E-state index in [-0.39, 0.29) is 0 Å². The Balaban J connectivity index is 2.05. The van der Waals surface area contributed by atoms with Crippen LogP contribution in [0.2, 0.25) is 0 Å². The molecule has 19 heavy (non-hydrogen) atoms. The van der Waals surface area contributed by atoms with Crippen molar-refractivity contribution in [2.24, 2.45) is 0 Å². The lowest BCUT2D eigenvalue weighted by atomic mass is 10.1. The minimum absolute atomic E-state index is 0.325. The number of hydrogen-bond donors (Lipinski definition) is 1. The first-order valence-corrected chi connectivity index (χ1v) is 5.79. The molecule has 0 aromatic heterocycles. The number of methoxy groups -OCH3 is 1. The van der Waals surface area contributed by atoms with Gasteiger partial charge in [0.2, 0.25) is 0 Å². The van der Waals surface area contributed by atoms with E-state index in [2.05, 4.69) is 5.32 Å². The van der Waals surface area contributed by atoms with Crippen LogP contribution in [-0.4, -0.2) is 7.11 Å². The van der Waals surface area contributed by atoms with Gasteiger partial charge in [-0.15, -0.1) is 0 Å². The van der Waals surface area contributed by atoms with Crippen LogP contribution in [0.5, 0.6) is 5.75 Å². The van der Waals surface area contributed by atoms with Crippen molar-refractivity contribution in [1.82, 2.24) is 0 Å². The van der Waals surface area contributed by atoms with Gasteiger partial charge in [-0.1, -0.05) is 0 Å². The smallest absolute Gasteiger partial charge is 0.124 e. The van der Waals surface area contributed by atoms with Gasteiger partial charge in [-0.05, 0) is 48.0 Å². The fourth-order valence-electron chi connectivity index (χ4n) is 1.73. The third kappa shape index (κ3) is 3.46. The zero-order valence-corrected chi connectivity index (χ0v) is 10.5. The summed E-state index contributed by atoms with van der Waals surface area (Å²) in [7, 11) is 1.61. The van der Waals surface area contributed by atoms with E-state index < -0.39 is 5.82 Å². The molecule has 0 atom stereocenters. The molecule has 0 unspecified atom stereocenters. The van der Waals surface area contributed by atoms with Gasteiger partial charge in [0.15, 0.2) is 0 Å². The van der Waals surface area contributed by atoms with Crippen molar-refractivity contribution in [1.29, 1.82) is 5.26 Å². The molecule has 0 amide bonds. The Morgan fingerprint density at radius 2 is 1.95 bits per heavy atom. The maximum Gasteiger partial charge on any atom is 0.124 e. The standard InChI is InChI=1S/C15H13FN2O/c1-19-15-4-2-14(3-5-15)18-10-12-6-11(9-17)7-13(16)8-12/h2-8,18H,10H2,1H3. The van der Waals surface area contributed by atoms with Gasteiger partial charge < -0.3 is 10.1 Å². The summed E-state index contributed by atoms with van der Waals surface area (Å²) in [5.74, 6) is 0.383. The molecule has 0 bridgehead atoms. The first-order chi connectivity index (χ1) is 9.21. The minimum atomic E-state index is -0.398. The summed E-state index contributed by atoms with van der Waals surface area (Å²) in [6.07, 6.45) is 0. The van der Waals surface area contributed by atoms with Gasteiger partial charge in [-0.3, -0.25) is 0 Å². The number of nitrogens with zero attached hydrogens (tertiary/aromatic N) is 1. The van der Waals surface area contributed by atoms with Crippen LogP contribution >= 0.6 is 0 Å². The number of nitrogens with one attached hydrogen (secondary N) is 1. The maximum atomic E-state index is 13.2. The first kappa shape index (κ1) is 12.9. The second-order valence-electron chi connectivity index (χ2n) is 4.04. The van der Waals surface area contributed by atoms with Crippen LogP contribution < -0.4 is 10.1 Å². The highest BCUT2D eigenvalue weighted by Crippen LogP contribution is 2.16. The fourth-order valence-corrected chi connectivity index (χ4v) is 1.73. The second-order valence-corrected chi connectivity index (χ2v) is 4.04. The molecule has 0 radical (unpaired) electrons. The molecule has 0 saturated heterocycles. The highest BCUT2D eigenvalue weighted by Gasteiger charge is 2.01. The van der Waals surface area contributed by atoms with E-state index in [1.54, 1.807) is 13.2 Å². The average Bonchev–Trinajstić information content (AvgIpc) is 2.45. The summed E-state index contributed by atoms with van der Waals surface area (Å²) in [6.45, 7) is 0.457. The molecule has 96 valence electrons. The molecule has 2 rings (SSSR count). The first-order valence-electron chi connectivity index (χ1n) is 5.79. The number of hydrogen-bond acceptors (Lipinski definition) is 3. The molecule has 0 heterocycles. The van der Waals surface area contributed by atoms with Crippen LogP contribution in [0.3, 0.4) is 0 Å². The van der Waals surface area contributed by atoms with Gasteiger partial charge in [0, 0.05) is 12.2 Å². The molecular formula is C15H13FN2O. The SMILES string of the molecule is COc1ccc(NCc2cc(F)cc(C#N)c2)cc1. The van der Waals surface area contributed by atoms with E-state index in [0.717, 1.165) is 17.0 Å². The van der Waals surface area contributed by atoms with Crippen molar-refractivity contribution in [2.75, 3.05) is 12.4 Å². The highest BCUT2D eigenvalue weighted by molar-refractivity contribution is 5.47. The molecule has 0 aliphatic rings. The minimum Gasteiger partial charge on any atom is -0.497 e. The van der Waals surface area contributed by atoms with Crippen molar-refractivity contribution in [3.8, 4) is 11.8 Å². The Morgan fingerprint density at radius 3 is 2.58 bits per heavy atom. The van der Waals surface area contributed by atoms with Crippen molar-refractivity contribution in [2.45, 2.75) is 6.54 Å². The van der Waals surface area contributed by atoms with E-state index >= 15 is 0 Å². The van der Waals surface area contributed by atoms with Gasteiger partial charge in [0.05, 0.1) is 18.7 Å². The molecule has 2 aromatic carbocycles. The number of halogens is 1. The quantitative estimate of drug-likeness (QED) is 0.912. The summed E-state index contributed by atoms with van der Waals surface area (Å²) < 4.78 is 18.3. The number of benzene rings is 2. The van der Waals surface area contributed by atoms with Crippen LogP contribution in [-0.2, 0) is 6.54 Å². The third-order valence-electron chi connectivity index (χ3n) is 2.67. The zero-order valence-electron chi connectivity index (χ0n) is 10.5. The van der Waals surface area contributed by atoms with Crippen molar-refractivity contribution >= 4 is 5.69 Å². The van der Waals surface area contributed by atoms with E-state index in [4.69, 9.17) is 10.00 Å². The van der Waals surface area contributed by atoms with E-state index in [1.807, 2.05) is 30.3 Å². The van der Waals surface area contributed by atoms with Crippen LogP contribution in [0, 0.1) is 17.1 Å². The van der Waals surface area contributed by atoms with Gasteiger partial charge in [-0.2, -0.15) is 5.26 Å². The summed E-state index contributed by atoms with van der Waals surface area (Å²) >= 11 is 0. The molecular weight excluding hydrogens is 243 g/mol. The fraction of sp³-hybridized carbons (Fsp3) is 0.133. The molecule has 1 N–H and O–H groups in total. The molecule has 0 spiro atoms. The lowest BCUT2D eigenvalue weighted by Crippen LogP contribution is -2.00. The van der Waals surface area contributed by atoms with Crippen LogP contribution in [0.1, 0.15) is 11.1 Å². The van der Waals surface area contributed by atoms with Crippen molar-refractivity contribution in [3.05, 3.63) is 59.4 Å². The number of anilines is 1. The van der Waals surface area contributed by atoms with Crippen molar-refractivity contribution < 1.29 is 9.13 Å². The molecule has 0 saturated carbocycles. The lowest BCUT2D eigenvalue weighted by molar-refractivity contribution is 0.415. The van der Waals surface area contributed by atoms with Gasteiger partial charge in [-0.25, -0.2) is 4.39 Å². The average molecular weight is 256 g/mol. The third-order valence-corrected chi connectivity index (χ3v) is 2.67. The Bertz CT molecular complexity index is 603. The summed E-state index contributed by atoms with van der Waals surface area (Å²) in [5.41, 5.74) is 1.96. The monoisotopic (exact) mass is 256 g/mol.